The molecule has 9 aromatic carbocycles. The van der Waals surface area contributed by atoms with Gasteiger partial charge in [-0.1, -0.05) is 187 Å². The Labute approximate surface area is 340 Å². The van der Waals surface area contributed by atoms with E-state index in [1.807, 2.05) is 0 Å². The first-order valence-electron chi connectivity index (χ1n) is 20.0. The Hall–Kier alpha value is -7.42. The van der Waals surface area contributed by atoms with Gasteiger partial charge in [-0.05, 0) is 89.7 Å². The topological polar surface area (TPSA) is 8.17 Å². The predicted octanol–water partition coefficient (Wildman–Crippen LogP) is 15.5. The highest BCUT2D eigenvalue weighted by Gasteiger charge is 2.22. The summed E-state index contributed by atoms with van der Waals surface area (Å²) in [4.78, 5) is 2.39. The van der Waals surface area contributed by atoms with Crippen LogP contribution >= 0.6 is 0 Å². The molecule has 2 nitrogen and oxygen atoms in total. The summed E-state index contributed by atoms with van der Waals surface area (Å²) in [6.45, 7) is 4.30. The number of nitrogens with zero attached hydrogens (tertiary/aromatic N) is 2. The van der Waals surface area contributed by atoms with Crippen molar-refractivity contribution in [1.82, 2.24) is 4.57 Å². The first-order chi connectivity index (χ1) is 28.6. The lowest BCUT2D eigenvalue weighted by molar-refractivity contribution is 1.18. The van der Waals surface area contributed by atoms with Gasteiger partial charge in [-0.25, -0.2) is 0 Å². The molecule has 0 radical (unpaired) electrons. The molecule has 0 N–H and O–H groups in total. The number of anilines is 3. The summed E-state index contributed by atoms with van der Waals surface area (Å²) >= 11 is 0. The smallest absolute Gasteiger partial charge is 0.0618 e. The van der Waals surface area contributed by atoms with E-state index in [9.17, 15) is 0 Å². The number of fused-ring (bicyclic) bond motifs is 3. The van der Waals surface area contributed by atoms with Crippen LogP contribution in [0.5, 0.6) is 0 Å². The highest BCUT2D eigenvalue weighted by molar-refractivity contribution is 6.11. The number of hydrogen-bond acceptors (Lipinski definition) is 1. The van der Waals surface area contributed by atoms with E-state index in [0.717, 1.165) is 22.6 Å². The van der Waals surface area contributed by atoms with Crippen LogP contribution in [0.2, 0.25) is 0 Å². The van der Waals surface area contributed by atoms with E-state index in [2.05, 4.69) is 242 Å². The van der Waals surface area contributed by atoms with Crippen LogP contribution in [-0.2, 0) is 0 Å². The van der Waals surface area contributed by atoms with Gasteiger partial charge in [-0.2, -0.15) is 0 Å². The molecule has 1 aromatic heterocycles. The zero-order valence-electron chi connectivity index (χ0n) is 32.7. The fourth-order valence-electron chi connectivity index (χ4n) is 8.37. The second-order valence-electron chi connectivity index (χ2n) is 15.1. The van der Waals surface area contributed by atoms with Gasteiger partial charge in [0, 0.05) is 39.0 Å². The average molecular weight is 743 g/mol. The molecule has 0 amide bonds. The fourth-order valence-corrected chi connectivity index (χ4v) is 8.37. The molecular weight excluding hydrogens is 701 g/mol. The molecule has 1 heterocycles. The lowest BCUT2D eigenvalue weighted by Gasteiger charge is -2.26. The van der Waals surface area contributed by atoms with Gasteiger partial charge in [0.05, 0.1) is 16.7 Å². The molecule has 10 aromatic rings. The highest BCUT2D eigenvalue weighted by Crippen LogP contribution is 2.44. The monoisotopic (exact) mass is 742 g/mol. The maximum Gasteiger partial charge on any atom is 0.0618 e. The lowest BCUT2D eigenvalue weighted by atomic mass is 9.94. The number of aryl methyl sites for hydroxylation is 2. The van der Waals surface area contributed by atoms with Gasteiger partial charge in [0.15, 0.2) is 0 Å². The zero-order valence-corrected chi connectivity index (χ0v) is 32.7. The Morgan fingerprint density at radius 1 is 0.310 bits per heavy atom. The normalized spacial score (nSPS) is 11.3. The van der Waals surface area contributed by atoms with Gasteiger partial charge in [0.1, 0.15) is 0 Å². The molecule has 0 saturated carbocycles. The molecule has 0 aliphatic carbocycles. The molecule has 10 rings (SSSR count). The van der Waals surface area contributed by atoms with Crippen LogP contribution < -0.4 is 4.90 Å². The molecule has 0 bridgehead atoms. The second kappa shape index (κ2) is 14.9. The summed E-state index contributed by atoms with van der Waals surface area (Å²) in [5.41, 5.74) is 18.8. The van der Waals surface area contributed by atoms with Gasteiger partial charge in [0.25, 0.3) is 0 Å². The summed E-state index contributed by atoms with van der Waals surface area (Å²) in [7, 11) is 0. The fraction of sp³-hybridized carbons (Fsp3) is 0.0357. The predicted molar refractivity (Wildman–Crippen MR) is 247 cm³/mol. The molecule has 0 atom stereocenters. The maximum atomic E-state index is 2.51. The van der Waals surface area contributed by atoms with E-state index >= 15 is 0 Å². The van der Waals surface area contributed by atoms with Crippen molar-refractivity contribution in [1.29, 1.82) is 0 Å². The number of aromatic nitrogens is 1. The maximum absolute atomic E-state index is 2.51. The Morgan fingerprint density at radius 3 is 1.24 bits per heavy atom. The van der Waals surface area contributed by atoms with Gasteiger partial charge >= 0.3 is 0 Å². The Bertz CT molecular complexity index is 2870. The van der Waals surface area contributed by atoms with Crippen LogP contribution in [0.1, 0.15) is 11.1 Å². The first kappa shape index (κ1) is 35.0. The standard InChI is InChI=1S/C56H42N2/c1-39-20-24-45(25-21-39)50-17-11-18-51(46-26-22-40(2)23-27-46)56(50)58-54-19-10-9-16-52(54)53-37-36-49(38-55(53)58)57(47-32-28-43(29-33-47)41-12-5-3-6-13-41)48-34-30-44(31-35-48)42-14-7-4-8-15-42/h3-38H,1-2H3. The molecule has 0 unspecified atom stereocenters. The number of para-hydroxylation sites is 2. The zero-order chi connectivity index (χ0) is 39.0. The molecule has 0 fully saturated rings. The second-order valence-corrected chi connectivity index (χ2v) is 15.1. The minimum absolute atomic E-state index is 1.08. The third-order valence-electron chi connectivity index (χ3n) is 11.4. The van der Waals surface area contributed by atoms with Crippen molar-refractivity contribution in [3.8, 4) is 50.2 Å². The van der Waals surface area contributed by atoms with Gasteiger partial charge in [-0.3, -0.25) is 0 Å². The summed E-state index contributed by atoms with van der Waals surface area (Å²) in [5, 5.41) is 2.44. The quantitative estimate of drug-likeness (QED) is 0.150. The van der Waals surface area contributed by atoms with Crippen molar-refractivity contribution in [3.63, 3.8) is 0 Å². The van der Waals surface area contributed by atoms with Crippen LogP contribution in [-0.4, -0.2) is 4.57 Å². The first-order valence-corrected chi connectivity index (χ1v) is 20.0. The van der Waals surface area contributed by atoms with E-state index in [-0.39, 0.29) is 0 Å². The number of rotatable bonds is 8. The van der Waals surface area contributed by atoms with Crippen LogP contribution in [0.4, 0.5) is 17.1 Å². The summed E-state index contributed by atoms with van der Waals surface area (Å²) in [6, 6.07) is 79.6. The summed E-state index contributed by atoms with van der Waals surface area (Å²) in [6.07, 6.45) is 0. The van der Waals surface area contributed by atoms with E-state index in [1.165, 1.54) is 77.6 Å². The molecule has 58 heavy (non-hydrogen) atoms. The van der Waals surface area contributed by atoms with Crippen molar-refractivity contribution in [2.75, 3.05) is 4.90 Å². The van der Waals surface area contributed by atoms with Crippen LogP contribution in [0, 0.1) is 13.8 Å². The minimum atomic E-state index is 1.08. The van der Waals surface area contributed by atoms with Crippen LogP contribution in [0.25, 0.3) is 72.0 Å². The highest BCUT2D eigenvalue weighted by atomic mass is 15.1. The summed E-state index contributed by atoms with van der Waals surface area (Å²) in [5.74, 6) is 0. The van der Waals surface area contributed by atoms with E-state index in [1.54, 1.807) is 0 Å². The Balaban J connectivity index is 1.21. The Morgan fingerprint density at radius 2 is 0.724 bits per heavy atom. The lowest BCUT2D eigenvalue weighted by Crippen LogP contribution is -2.10. The van der Waals surface area contributed by atoms with Crippen LogP contribution in [0.15, 0.2) is 218 Å². The van der Waals surface area contributed by atoms with Gasteiger partial charge in [0.2, 0.25) is 0 Å². The minimum Gasteiger partial charge on any atom is -0.310 e. The van der Waals surface area contributed by atoms with Crippen molar-refractivity contribution in [2.24, 2.45) is 0 Å². The Kier molecular flexibility index (Phi) is 9.01. The molecule has 0 saturated heterocycles. The van der Waals surface area contributed by atoms with Crippen molar-refractivity contribution < 1.29 is 0 Å². The number of benzene rings is 9. The molecule has 2 heteroatoms. The summed E-state index contributed by atoms with van der Waals surface area (Å²) < 4.78 is 2.51. The van der Waals surface area contributed by atoms with Crippen molar-refractivity contribution in [3.05, 3.63) is 230 Å². The third-order valence-corrected chi connectivity index (χ3v) is 11.4. The van der Waals surface area contributed by atoms with Crippen molar-refractivity contribution >= 4 is 38.9 Å². The van der Waals surface area contributed by atoms with Gasteiger partial charge < -0.3 is 9.47 Å². The molecular formula is C56H42N2. The molecule has 0 aliphatic heterocycles. The molecule has 0 spiro atoms. The van der Waals surface area contributed by atoms with E-state index < -0.39 is 0 Å². The van der Waals surface area contributed by atoms with E-state index in [0.29, 0.717) is 0 Å². The third kappa shape index (κ3) is 6.45. The number of hydrogen-bond donors (Lipinski definition) is 0. The SMILES string of the molecule is Cc1ccc(-c2cccc(-c3ccc(C)cc3)c2-n2c3ccccc3c3ccc(N(c4ccc(-c5ccccc5)cc4)c4ccc(-c5ccccc5)cc4)cc32)cc1. The molecule has 0 aliphatic rings. The van der Waals surface area contributed by atoms with Crippen LogP contribution in [0.3, 0.4) is 0 Å². The average Bonchev–Trinajstić information content (AvgIpc) is 3.61. The van der Waals surface area contributed by atoms with Gasteiger partial charge in [-0.15, -0.1) is 0 Å². The van der Waals surface area contributed by atoms with E-state index in [4.69, 9.17) is 0 Å². The van der Waals surface area contributed by atoms with Crippen molar-refractivity contribution in [2.45, 2.75) is 13.8 Å². The largest absolute Gasteiger partial charge is 0.310 e. The molecule has 276 valence electrons.